The molecule has 0 aliphatic carbocycles. The fourth-order valence-corrected chi connectivity index (χ4v) is 3.77. The molecule has 0 radical (unpaired) electrons. The van der Waals surface area contributed by atoms with E-state index in [2.05, 4.69) is 45.2 Å². The second-order valence-electron chi connectivity index (χ2n) is 7.79. The van der Waals surface area contributed by atoms with Gasteiger partial charge < -0.3 is 21.3 Å². The Morgan fingerprint density at radius 3 is 2.47 bits per heavy atom. The Bertz CT molecular complexity index is 1300. The molecule has 0 fully saturated rings. The molecule has 3 aromatic carbocycles. The van der Waals surface area contributed by atoms with E-state index in [1.807, 2.05) is 68.6 Å². The second kappa shape index (κ2) is 10.5. The SMILES string of the molecule is CCNC(=O)C#Cc1ccc2c(c1)NC(=O)/C2=C(/Nc1ccc(CNC)cc1)c1ccccc1. The van der Waals surface area contributed by atoms with Crippen LogP contribution in [0.15, 0.2) is 72.8 Å². The number of anilines is 2. The molecule has 0 unspecified atom stereocenters. The van der Waals surface area contributed by atoms with Crippen molar-refractivity contribution in [3.05, 3.63) is 95.1 Å². The zero-order chi connectivity index (χ0) is 23.9. The third-order valence-electron chi connectivity index (χ3n) is 5.34. The van der Waals surface area contributed by atoms with E-state index in [9.17, 15) is 9.59 Å². The molecule has 3 aromatic rings. The van der Waals surface area contributed by atoms with Crippen molar-refractivity contribution in [2.45, 2.75) is 13.5 Å². The van der Waals surface area contributed by atoms with E-state index in [0.717, 1.165) is 29.1 Å². The van der Waals surface area contributed by atoms with Crippen LogP contribution >= 0.6 is 0 Å². The van der Waals surface area contributed by atoms with Gasteiger partial charge in [-0.1, -0.05) is 54.5 Å². The van der Waals surface area contributed by atoms with Gasteiger partial charge in [-0.2, -0.15) is 0 Å². The molecule has 170 valence electrons. The smallest absolute Gasteiger partial charge is 0.296 e. The van der Waals surface area contributed by atoms with Crippen LogP contribution in [0.5, 0.6) is 0 Å². The molecule has 0 spiro atoms. The van der Waals surface area contributed by atoms with Gasteiger partial charge in [0.25, 0.3) is 11.8 Å². The predicted octanol–water partition coefficient (Wildman–Crippen LogP) is 3.83. The highest BCUT2D eigenvalue weighted by Gasteiger charge is 2.28. The molecule has 1 aliphatic rings. The number of amides is 2. The number of carbonyl (C=O) groups excluding carboxylic acids is 2. The number of hydrogen-bond acceptors (Lipinski definition) is 4. The highest BCUT2D eigenvalue weighted by Crippen LogP contribution is 2.38. The Morgan fingerprint density at radius 2 is 1.76 bits per heavy atom. The first-order valence-corrected chi connectivity index (χ1v) is 11.1. The van der Waals surface area contributed by atoms with Gasteiger partial charge in [0.2, 0.25) is 0 Å². The van der Waals surface area contributed by atoms with Gasteiger partial charge >= 0.3 is 0 Å². The average molecular weight is 451 g/mol. The van der Waals surface area contributed by atoms with Crippen LogP contribution in [0.25, 0.3) is 11.3 Å². The van der Waals surface area contributed by atoms with E-state index < -0.39 is 0 Å². The lowest BCUT2D eigenvalue weighted by molar-refractivity contribution is -0.115. The molecular weight excluding hydrogens is 424 g/mol. The minimum absolute atomic E-state index is 0.193. The summed E-state index contributed by atoms with van der Waals surface area (Å²) in [4.78, 5) is 24.8. The summed E-state index contributed by atoms with van der Waals surface area (Å²) in [5.74, 6) is 4.90. The van der Waals surface area contributed by atoms with Gasteiger partial charge in [0.1, 0.15) is 0 Å². The first-order chi connectivity index (χ1) is 16.6. The summed E-state index contributed by atoms with van der Waals surface area (Å²) < 4.78 is 0. The Kier molecular flexibility index (Phi) is 7.07. The van der Waals surface area contributed by atoms with Crippen molar-refractivity contribution in [3.63, 3.8) is 0 Å². The third kappa shape index (κ3) is 5.17. The second-order valence-corrected chi connectivity index (χ2v) is 7.79. The molecule has 2 amide bonds. The van der Waals surface area contributed by atoms with E-state index >= 15 is 0 Å². The van der Waals surface area contributed by atoms with Crippen LogP contribution < -0.4 is 21.3 Å². The van der Waals surface area contributed by atoms with E-state index in [-0.39, 0.29) is 11.8 Å². The van der Waals surface area contributed by atoms with Gasteiger partial charge in [0.15, 0.2) is 0 Å². The van der Waals surface area contributed by atoms with Gasteiger partial charge in [-0.05, 0) is 49.4 Å². The largest absolute Gasteiger partial charge is 0.354 e. The fourth-order valence-electron chi connectivity index (χ4n) is 3.77. The molecule has 0 saturated heterocycles. The summed E-state index contributed by atoms with van der Waals surface area (Å²) in [6.45, 7) is 3.15. The zero-order valence-corrected chi connectivity index (χ0v) is 19.2. The summed E-state index contributed by atoms with van der Waals surface area (Å²) in [6.07, 6.45) is 0. The van der Waals surface area contributed by atoms with Gasteiger partial charge in [-0.25, -0.2) is 0 Å². The minimum atomic E-state index is -0.330. The zero-order valence-electron chi connectivity index (χ0n) is 19.2. The Hall–Kier alpha value is -4.34. The van der Waals surface area contributed by atoms with Gasteiger partial charge in [-0.3, -0.25) is 9.59 Å². The number of rotatable bonds is 6. The molecule has 0 aromatic heterocycles. The van der Waals surface area contributed by atoms with Crippen molar-refractivity contribution in [2.24, 2.45) is 0 Å². The normalized spacial score (nSPS) is 13.3. The molecule has 0 saturated carbocycles. The molecule has 34 heavy (non-hydrogen) atoms. The predicted molar refractivity (Wildman–Crippen MR) is 137 cm³/mol. The van der Waals surface area contributed by atoms with E-state index in [1.54, 1.807) is 6.07 Å². The average Bonchev–Trinajstić information content (AvgIpc) is 3.18. The standard InChI is InChI=1S/C28H26N4O2/c1-3-30-25(33)16-12-19-11-15-23-24(17-19)32-28(34)26(23)27(21-7-5-4-6-8-21)31-22-13-9-20(10-14-22)18-29-2/h4-11,13-15,17,29,31H,3,18H2,1-2H3,(H,30,33)(H,32,34)/b27-26+. The van der Waals surface area contributed by atoms with Crippen LogP contribution in [0.4, 0.5) is 11.4 Å². The van der Waals surface area contributed by atoms with Crippen LogP contribution in [0.1, 0.15) is 29.2 Å². The van der Waals surface area contributed by atoms with E-state index in [0.29, 0.717) is 23.4 Å². The number of hydrogen-bond donors (Lipinski definition) is 4. The summed E-state index contributed by atoms with van der Waals surface area (Å²) in [7, 11) is 1.91. The lowest BCUT2D eigenvalue weighted by atomic mass is 9.99. The van der Waals surface area contributed by atoms with E-state index in [4.69, 9.17) is 0 Å². The molecule has 0 bridgehead atoms. The van der Waals surface area contributed by atoms with Crippen molar-refractivity contribution in [2.75, 3.05) is 24.2 Å². The topological polar surface area (TPSA) is 82.3 Å². The Balaban J connectivity index is 1.74. The van der Waals surface area contributed by atoms with Gasteiger partial charge in [0, 0.05) is 35.8 Å². The van der Waals surface area contributed by atoms with Crippen molar-refractivity contribution in [1.29, 1.82) is 0 Å². The first-order valence-electron chi connectivity index (χ1n) is 11.1. The molecule has 4 rings (SSSR count). The third-order valence-corrected chi connectivity index (χ3v) is 5.34. The summed E-state index contributed by atoms with van der Waals surface area (Å²) in [5.41, 5.74) is 6.35. The summed E-state index contributed by atoms with van der Waals surface area (Å²) >= 11 is 0. The highest BCUT2D eigenvalue weighted by atomic mass is 16.2. The molecule has 6 nitrogen and oxygen atoms in total. The fraction of sp³-hybridized carbons (Fsp3) is 0.143. The quantitative estimate of drug-likeness (QED) is 0.340. The Morgan fingerprint density at radius 1 is 1.00 bits per heavy atom. The molecule has 1 aliphatic heterocycles. The number of nitrogens with one attached hydrogen (secondary N) is 4. The summed E-state index contributed by atoms with van der Waals surface area (Å²) in [6, 6.07) is 23.4. The lowest BCUT2D eigenvalue weighted by Gasteiger charge is -2.15. The maximum absolute atomic E-state index is 13.1. The molecule has 0 atom stereocenters. The first kappa shape index (κ1) is 22.8. The number of fused-ring (bicyclic) bond motifs is 1. The molecule has 1 heterocycles. The van der Waals surface area contributed by atoms with Crippen LogP contribution in [-0.2, 0) is 16.1 Å². The van der Waals surface area contributed by atoms with Crippen molar-refractivity contribution in [1.82, 2.24) is 10.6 Å². The number of carbonyl (C=O) groups is 2. The van der Waals surface area contributed by atoms with Gasteiger partial charge in [-0.15, -0.1) is 0 Å². The maximum Gasteiger partial charge on any atom is 0.296 e. The lowest BCUT2D eigenvalue weighted by Crippen LogP contribution is -2.20. The molecular formula is C28H26N4O2. The van der Waals surface area contributed by atoms with Crippen molar-refractivity contribution < 1.29 is 9.59 Å². The van der Waals surface area contributed by atoms with E-state index in [1.165, 1.54) is 5.56 Å². The van der Waals surface area contributed by atoms with Crippen molar-refractivity contribution in [3.8, 4) is 11.8 Å². The van der Waals surface area contributed by atoms with Crippen LogP contribution in [-0.4, -0.2) is 25.4 Å². The maximum atomic E-state index is 13.1. The molecule has 4 N–H and O–H groups in total. The van der Waals surface area contributed by atoms with Gasteiger partial charge in [0.05, 0.1) is 17.0 Å². The molecule has 6 heteroatoms. The van der Waals surface area contributed by atoms with Crippen LogP contribution in [0.3, 0.4) is 0 Å². The van der Waals surface area contributed by atoms with Crippen LogP contribution in [0, 0.1) is 11.8 Å². The Labute approximate surface area is 199 Å². The minimum Gasteiger partial charge on any atom is -0.354 e. The van der Waals surface area contributed by atoms with Crippen molar-refractivity contribution >= 4 is 34.5 Å². The monoisotopic (exact) mass is 450 g/mol. The summed E-state index contributed by atoms with van der Waals surface area (Å²) in [5, 5.41) is 12.2. The number of benzene rings is 3. The highest BCUT2D eigenvalue weighted by molar-refractivity contribution is 6.37. The van der Waals surface area contributed by atoms with Crippen LogP contribution in [0.2, 0.25) is 0 Å².